The highest BCUT2D eigenvalue weighted by molar-refractivity contribution is 7.91. The summed E-state index contributed by atoms with van der Waals surface area (Å²) in [5, 5.41) is 12.3. The van der Waals surface area contributed by atoms with E-state index in [4.69, 9.17) is 4.74 Å². The van der Waals surface area contributed by atoms with Gasteiger partial charge in [-0.1, -0.05) is 0 Å². The fraction of sp³-hybridized carbons (Fsp3) is 0.889. The molecule has 0 aromatic rings. The first-order valence-electron chi connectivity index (χ1n) is 5.30. The zero-order valence-corrected chi connectivity index (χ0v) is 11.0. The van der Waals surface area contributed by atoms with Crippen molar-refractivity contribution in [3.05, 3.63) is 0 Å². The number of rotatable bonds is 3. The lowest BCUT2D eigenvalue weighted by molar-refractivity contribution is -0.0401. The van der Waals surface area contributed by atoms with E-state index in [1.807, 2.05) is 0 Å². The van der Waals surface area contributed by atoms with Gasteiger partial charge in [-0.05, 0) is 6.92 Å². The summed E-state index contributed by atoms with van der Waals surface area (Å²) in [7, 11) is -0.114. The van der Waals surface area contributed by atoms with E-state index in [9.17, 15) is 18.3 Å². The first-order valence-corrected chi connectivity index (χ1v) is 7.12. The molecule has 1 N–H and O–H groups in total. The van der Waals surface area contributed by atoms with Gasteiger partial charge in [0, 0.05) is 14.1 Å². The molecule has 2 unspecified atom stereocenters. The summed E-state index contributed by atoms with van der Waals surface area (Å²) in [4.78, 5) is 11.7. The minimum atomic E-state index is -3.30. The van der Waals surface area contributed by atoms with Gasteiger partial charge in [-0.2, -0.15) is 0 Å². The number of hydrogen-bond acceptors (Lipinski definition) is 6. The van der Waals surface area contributed by atoms with Gasteiger partial charge < -0.3 is 9.84 Å². The number of amides is 1. The maximum absolute atomic E-state index is 11.7. The second-order valence-electron chi connectivity index (χ2n) is 4.10. The zero-order valence-electron chi connectivity index (χ0n) is 10.2. The van der Waals surface area contributed by atoms with E-state index in [1.165, 1.54) is 5.01 Å². The van der Waals surface area contributed by atoms with Gasteiger partial charge in [0.15, 0.2) is 9.84 Å². The average molecular weight is 266 g/mol. The van der Waals surface area contributed by atoms with E-state index >= 15 is 0 Å². The lowest BCUT2D eigenvalue weighted by atomic mass is 10.2. The van der Waals surface area contributed by atoms with E-state index in [2.05, 4.69) is 0 Å². The zero-order chi connectivity index (χ0) is 13.2. The van der Waals surface area contributed by atoms with Crippen LogP contribution >= 0.6 is 0 Å². The Morgan fingerprint density at radius 2 is 2.00 bits per heavy atom. The van der Waals surface area contributed by atoms with Crippen LogP contribution < -0.4 is 0 Å². The largest absolute Gasteiger partial charge is 0.449 e. The summed E-state index contributed by atoms with van der Waals surface area (Å²) >= 11 is 0. The fourth-order valence-electron chi connectivity index (χ4n) is 1.83. The maximum atomic E-state index is 11.7. The third-order valence-corrected chi connectivity index (χ3v) is 4.19. The van der Waals surface area contributed by atoms with Gasteiger partial charge in [0.05, 0.1) is 30.3 Å². The van der Waals surface area contributed by atoms with Crippen molar-refractivity contribution in [3.8, 4) is 0 Å². The van der Waals surface area contributed by atoms with Crippen LogP contribution in [0.15, 0.2) is 0 Å². The second-order valence-corrected chi connectivity index (χ2v) is 6.26. The second kappa shape index (κ2) is 5.19. The van der Waals surface area contributed by atoms with Gasteiger partial charge in [0.2, 0.25) is 0 Å². The molecule has 0 saturated carbocycles. The molecule has 0 spiro atoms. The Labute approximate surface area is 101 Å². The van der Waals surface area contributed by atoms with Crippen LogP contribution in [0.3, 0.4) is 0 Å². The Hall–Kier alpha value is -0.860. The number of nitrogens with zero attached hydrogens (tertiary/aromatic N) is 2. The third-order valence-electron chi connectivity index (χ3n) is 2.49. The monoisotopic (exact) mass is 266 g/mol. The summed E-state index contributed by atoms with van der Waals surface area (Å²) < 4.78 is 27.6. The van der Waals surface area contributed by atoms with E-state index in [0.717, 1.165) is 5.01 Å². The molecule has 0 aromatic carbocycles. The molecule has 17 heavy (non-hydrogen) atoms. The van der Waals surface area contributed by atoms with Gasteiger partial charge in [-0.25, -0.2) is 23.2 Å². The van der Waals surface area contributed by atoms with Crippen LogP contribution in [0.5, 0.6) is 0 Å². The molecule has 1 aliphatic rings. The maximum Gasteiger partial charge on any atom is 0.424 e. The minimum Gasteiger partial charge on any atom is -0.449 e. The normalized spacial score (nSPS) is 27.1. The number of hydrazine groups is 1. The third kappa shape index (κ3) is 3.30. The van der Waals surface area contributed by atoms with Crippen molar-refractivity contribution in [2.45, 2.75) is 19.1 Å². The molecule has 0 radical (unpaired) electrons. The number of hydrogen-bond donors (Lipinski definition) is 1. The smallest absolute Gasteiger partial charge is 0.424 e. The molecule has 0 aliphatic carbocycles. The quantitative estimate of drug-likeness (QED) is 0.665. The number of aliphatic hydroxyl groups excluding tert-OH is 1. The molecular weight excluding hydrogens is 248 g/mol. The Morgan fingerprint density at radius 1 is 1.41 bits per heavy atom. The van der Waals surface area contributed by atoms with Gasteiger partial charge in [-0.3, -0.25) is 0 Å². The van der Waals surface area contributed by atoms with E-state index in [-0.39, 0.29) is 18.1 Å². The van der Waals surface area contributed by atoms with E-state index < -0.39 is 28.1 Å². The molecule has 1 fully saturated rings. The number of aliphatic hydroxyl groups is 1. The van der Waals surface area contributed by atoms with Crippen molar-refractivity contribution >= 4 is 15.9 Å². The summed E-state index contributed by atoms with van der Waals surface area (Å²) in [5.74, 6) is -0.563. The molecular formula is C9H18N2O5S. The average Bonchev–Trinajstić information content (AvgIpc) is 2.40. The van der Waals surface area contributed by atoms with Gasteiger partial charge in [0.1, 0.15) is 0 Å². The SMILES string of the molecule is CCOC(=O)N(C1CS(=O)(=O)CC1O)N(C)C. The van der Waals surface area contributed by atoms with Crippen LogP contribution in [-0.4, -0.2) is 74.0 Å². The molecule has 0 bridgehead atoms. The van der Waals surface area contributed by atoms with Crippen molar-refractivity contribution in [2.24, 2.45) is 0 Å². The minimum absolute atomic E-state index is 0.193. The molecule has 1 aliphatic heterocycles. The standard InChI is InChI=1S/C9H18N2O5S/c1-4-16-9(13)11(10(2)3)7-5-17(14,15)6-8(7)12/h7-8,12H,4-6H2,1-3H3. The van der Waals surface area contributed by atoms with Crippen LogP contribution in [0.4, 0.5) is 4.79 Å². The Morgan fingerprint density at radius 3 is 2.35 bits per heavy atom. The van der Waals surface area contributed by atoms with Crippen molar-refractivity contribution in [2.75, 3.05) is 32.2 Å². The van der Waals surface area contributed by atoms with E-state index in [1.54, 1.807) is 21.0 Å². The van der Waals surface area contributed by atoms with Crippen LogP contribution in [0.2, 0.25) is 0 Å². The molecule has 1 rings (SSSR count). The predicted molar refractivity (Wildman–Crippen MR) is 61.0 cm³/mol. The highest BCUT2D eigenvalue weighted by Gasteiger charge is 2.43. The first kappa shape index (κ1) is 14.2. The highest BCUT2D eigenvalue weighted by atomic mass is 32.2. The van der Waals surface area contributed by atoms with Crippen molar-refractivity contribution in [1.29, 1.82) is 0 Å². The predicted octanol–water partition coefficient (Wildman–Crippen LogP) is -0.921. The molecule has 0 aromatic heterocycles. The summed E-state index contributed by atoms with van der Waals surface area (Å²) in [6.45, 7) is 1.85. The molecule has 1 saturated heterocycles. The van der Waals surface area contributed by atoms with Crippen molar-refractivity contribution in [1.82, 2.24) is 10.0 Å². The van der Waals surface area contributed by atoms with Crippen LogP contribution in [-0.2, 0) is 14.6 Å². The topological polar surface area (TPSA) is 87.1 Å². The molecule has 2 atom stereocenters. The number of carbonyl (C=O) groups is 1. The molecule has 8 heteroatoms. The van der Waals surface area contributed by atoms with Crippen LogP contribution in [0.1, 0.15) is 6.92 Å². The highest BCUT2D eigenvalue weighted by Crippen LogP contribution is 2.20. The van der Waals surface area contributed by atoms with Crippen molar-refractivity contribution in [3.63, 3.8) is 0 Å². The van der Waals surface area contributed by atoms with Crippen LogP contribution in [0, 0.1) is 0 Å². The Bertz CT molecular complexity index is 381. The van der Waals surface area contributed by atoms with Crippen LogP contribution in [0.25, 0.3) is 0 Å². The Balaban J connectivity index is 2.89. The van der Waals surface area contributed by atoms with Gasteiger partial charge in [-0.15, -0.1) is 0 Å². The van der Waals surface area contributed by atoms with Gasteiger partial charge >= 0.3 is 6.09 Å². The Kier molecular flexibility index (Phi) is 4.34. The number of sulfone groups is 1. The summed E-state index contributed by atoms with van der Waals surface area (Å²) in [5.41, 5.74) is 0. The summed E-state index contributed by atoms with van der Waals surface area (Å²) in [6, 6.07) is -0.783. The summed E-state index contributed by atoms with van der Waals surface area (Å²) in [6.07, 6.45) is -1.73. The number of ether oxygens (including phenoxy) is 1. The van der Waals surface area contributed by atoms with Gasteiger partial charge in [0.25, 0.3) is 0 Å². The molecule has 100 valence electrons. The molecule has 1 amide bonds. The molecule has 7 nitrogen and oxygen atoms in total. The fourth-order valence-corrected chi connectivity index (χ4v) is 3.59. The molecule has 1 heterocycles. The van der Waals surface area contributed by atoms with Crippen molar-refractivity contribution < 1.29 is 23.1 Å². The number of carbonyl (C=O) groups excluding carboxylic acids is 1. The lowest BCUT2D eigenvalue weighted by Crippen LogP contribution is -2.53. The lowest BCUT2D eigenvalue weighted by Gasteiger charge is -2.33. The van der Waals surface area contributed by atoms with E-state index in [0.29, 0.717) is 0 Å². The first-order chi connectivity index (χ1) is 7.78.